The maximum absolute atomic E-state index is 13.3. The van der Waals surface area contributed by atoms with E-state index in [0.717, 1.165) is 25.0 Å². The highest BCUT2D eigenvalue weighted by atomic mass is 35.5. The number of likely N-dealkylation sites (tertiary alicyclic amines) is 1. The highest BCUT2D eigenvalue weighted by molar-refractivity contribution is 6.31. The van der Waals surface area contributed by atoms with Gasteiger partial charge in [-0.05, 0) is 56.1 Å². The Morgan fingerprint density at radius 2 is 1.66 bits per heavy atom. The fourth-order valence-corrected chi connectivity index (χ4v) is 5.02. The predicted molar refractivity (Wildman–Crippen MR) is 125 cm³/mol. The summed E-state index contributed by atoms with van der Waals surface area (Å²) in [5, 5.41) is 0.523. The molecule has 1 amide bonds. The molecule has 1 saturated heterocycles. The summed E-state index contributed by atoms with van der Waals surface area (Å²) < 4.78 is 11.2. The zero-order valence-electron chi connectivity index (χ0n) is 18.8. The highest BCUT2D eigenvalue weighted by Gasteiger charge is 2.57. The Kier molecular flexibility index (Phi) is 6.17. The summed E-state index contributed by atoms with van der Waals surface area (Å²) in [5.41, 5.74) is 1.24. The number of ketones is 1. The second kappa shape index (κ2) is 9.28. The first-order valence-corrected chi connectivity index (χ1v) is 11.8. The molecule has 0 bridgehead atoms. The number of carbonyl (C=O) groups is 4. The first kappa shape index (κ1) is 23.3. The van der Waals surface area contributed by atoms with Crippen molar-refractivity contribution in [1.29, 1.82) is 0 Å². The molecule has 0 saturated carbocycles. The van der Waals surface area contributed by atoms with Gasteiger partial charge in [0.1, 0.15) is 0 Å². The van der Waals surface area contributed by atoms with Gasteiger partial charge in [-0.1, -0.05) is 35.9 Å². The van der Waals surface area contributed by atoms with Crippen molar-refractivity contribution in [3.05, 3.63) is 82.4 Å². The summed E-state index contributed by atoms with van der Waals surface area (Å²) in [6, 6.07) is 13.6. The maximum atomic E-state index is 13.3. The van der Waals surface area contributed by atoms with Crippen LogP contribution in [0.15, 0.2) is 60.7 Å². The molecule has 8 nitrogen and oxygen atoms in total. The van der Waals surface area contributed by atoms with Gasteiger partial charge in [-0.2, -0.15) is 0 Å². The van der Waals surface area contributed by atoms with E-state index in [0.29, 0.717) is 34.8 Å². The number of hydrogen-bond acceptors (Lipinski definition) is 7. The van der Waals surface area contributed by atoms with Gasteiger partial charge in [0.05, 0.1) is 17.7 Å². The molecule has 1 fully saturated rings. The number of fused-ring (bicyclic) bond motifs is 2. The Bertz CT molecular complexity index is 1210. The van der Waals surface area contributed by atoms with E-state index in [-0.39, 0.29) is 30.7 Å². The molecule has 3 aliphatic rings. The summed E-state index contributed by atoms with van der Waals surface area (Å²) >= 11 is 6.00. The Morgan fingerprint density at radius 1 is 0.971 bits per heavy atom. The van der Waals surface area contributed by atoms with Crippen LogP contribution in [0, 0.1) is 5.92 Å². The SMILES string of the molecule is O=C1C=CC(=O)OC2(O1)c1ccccc1C(=O)N2CC1CCN(CC(=O)c2cccc(Cl)c2)CC1. The van der Waals surface area contributed by atoms with E-state index < -0.39 is 17.8 Å². The molecule has 0 aliphatic carbocycles. The lowest BCUT2D eigenvalue weighted by Crippen LogP contribution is -2.52. The molecule has 5 rings (SSSR count). The van der Waals surface area contributed by atoms with Gasteiger partial charge < -0.3 is 9.47 Å². The first-order valence-electron chi connectivity index (χ1n) is 11.4. The van der Waals surface area contributed by atoms with E-state index in [9.17, 15) is 19.2 Å². The zero-order chi connectivity index (χ0) is 24.6. The lowest BCUT2D eigenvalue weighted by molar-refractivity contribution is -0.274. The third-order valence-electron chi connectivity index (χ3n) is 6.59. The van der Waals surface area contributed by atoms with Crippen molar-refractivity contribution in [2.75, 3.05) is 26.2 Å². The van der Waals surface area contributed by atoms with Crippen LogP contribution in [-0.2, 0) is 25.0 Å². The molecule has 0 aromatic heterocycles. The van der Waals surface area contributed by atoms with Crippen LogP contribution in [0.5, 0.6) is 0 Å². The Labute approximate surface area is 207 Å². The van der Waals surface area contributed by atoms with E-state index in [1.807, 2.05) is 0 Å². The van der Waals surface area contributed by atoms with Crippen LogP contribution in [0.3, 0.4) is 0 Å². The third-order valence-corrected chi connectivity index (χ3v) is 6.83. The maximum Gasteiger partial charge on any atom is 0.375 e. The van der Waals surface area contributed by atoms with E-state index in [4.69, 9.17) is 21.1 Å². The van der Waals surface area contributed by atoms with E-state index in [1.54, 1.807) is 48.5 Å². The van der Waals surface area contributed by atoms with E-state index in [1.165, 1.54) is 4.90 Å². The summed E-state index contributed by atoms with van der Waals surface area (Å²) in [6.45, 7) is 1.86. The number of piperidine rings is 1. The van der Waals surface area contributed by atoms with Gasteiger partial charge in [0.2, 0.25) is 0 Å². The van der Waals surface area contributed by atoms with Crippen molar-refractivity contribution in [3.8, 4) is 0 Å². The van der Waals surface area contributed by atoms with Crippen LogP contribution in [0.4, 0.5) is 0 Å². The quantitative estimate of drug-likeness (QED) is 0.465. The Morgan fingerprint density at radius 3 is 2.34 bits per heavy atom. The molecule has 0 radical (unpaired) electrons. The standard InChI is InChI=1S/C26H23ClN2O6/c27-19-5-3-4-18(14-19)22(30)16-28-12-10-17(11-13-28)15-29-25(33)20-6-1-2-7-21(20)26(29)34-23(31)8-9-24(32)35-26/h1-9,14,17H,10-13,15-16H2. The summed E-state index contributed by atoms with van der Waals surface area (Å²) in [4.78, 5) is 54.0. The molecule has 9 heteroatoms. The van der Waals surface area contributed by atoms with Crippen molar-refractivity contribution in [2.45, 2.75) is 18.8 Å². The number of halogens is 1. The molecule has 2 aromatic carbocycles. The average molecular weight is 495 g/mol. The smallest absolute Gasteiger partial charge is 0.375 e. The monoisotopic (exact) mass is 494 g/mol. The van der Waals surface area contributed by atoms with Crippen LogP contribution >= 0.6 is 11.6 Å². The number of amides is 1. The summed E-state index contributed by atoms with van der Waals surface area (Å²) in [5.74, 6) is -3.75. The highest BCUT2D eigenvalue weighted by Crippen LogP contribution is 2.43. The minimum absolute atomic E-state index is 0.000136. The lowest BCUT2D eigenvalue weighted by atomic mass is 9.95. The number of Topliss-reactive ketones (excluding diaryl/α,β-unsaturated/α-hetero) is 1. The lowest BCUT2D eigenvalue weighted by Gasteiger charge is -2.39. The van der Waals surface area contributed by atoms with Crippen LogP contribution in [0.2, 0.25) is 5.02 Å². The molecule has 2 aromatic rings. The van der Waals surface area contributed by atoms with Crippen molar-refractivity contribution >= 4 is 35.2 Å². The number of esters is 2. The minimum Gasteiger partial charge on any atom is -0.396 e. The molecule has 3 heterocycles. The average Bonchev–Trinajstić information content (AvgIpc) is 2.95. The van der Waals surface area contributed by atoms with Crippen LogP contribution in [-0.4, -0.2) is 59.6 Å². The van der Waals surface area contributed by atoms with Gasteiger partial charge in [0.15, 0.2) is 5.78 Å². The molecule has 35 heavy (non-hydrogen) atoms. The van der Waals surface area contributed by atoms with Crippen molar-refractivity contribution in [3.63, 3.8) is 0 Å². The fourth-order valence-electron chi connectivity index (χ4n) is 4.83. The van der Waals surface area contributed by atoms with E-state index in [2.05, 4.69) is 4.90 Å². The number of carbonyl (C=O) groups excluding carboxylic acids is 4. The predicted octanol–water partition coefficient (Wildman–Crippen LogP) is 3.16. The zero-order valence-corrected chi connectivity index (χ0v) is 19.6. The van der Waals surface area contributed by atoms with Crippen LogP contribution < -0.4 is 0 Å². The number of nitrogens with zero attached hydrogens (tertiary/aromatic N) is 2. The molecule has 0 N–H and O–H groups in total. The Hall–Kier alpha value is -3.49. The molecular weight excluding hydrogens is 472 g/mol. The van der Waals surface area contributed by atoms with Crippen LogP contribution in [0.1, 0.15) is 39.1 Å². The molecule has 0 unspecified atom stereocenters. The van der Waals surface area contributed by atoms with Gasteiger partial charge >= 0.3 is 17.8 Å². The van der Waals surface area contributed by atoms with Crippen LogP contribution in [0.25, 0.3) is 0 Å². The largest absolute Gasteiger partial charge is 0.396 e. The third kappa shape index (κ3) is 4.47. The van der Waals surface area contributed by atoms with Crippen molar-refractivity contribution < 1.29 is 28.7 Å². The van der Waals surface area contributed by atoms with Crippen molar-refractivity contribution in [1.82, 2.24) is 9.80 Å². The number of rotatable bonds is 5. The Balaban J connectivity index is 1.29. The molecule has 0 atom stereocenters. The molecule has 180 valence electrons. The normalized spacial score (nSPS) is 19.9. The van der Waals surface area contributed by atoms with Gasteiger partial charge in [0, 0.05) is 29.3 Å². The van der Waals surface area contributed by atoms with Gasteiger partial charge in [-0.3, -0.25) is 19.4 Å². The molecule has 1 spiro atoms. The number of benzene rings is 2. The number of hydrogen-bond donors (Lipinski definition) is 0. The molecular formula is C26H23ClN2O6. The van der Waals surface area contributed by atoms with Gasteiger partial charge in [0.25, 0.3) is 5.91 Å². The summed E-state index contributed by atoms with van der Waals surface area (Å²) in [7, 11) is 0. The molecule has 3 aliphatic heterocycles. The topological polar surface area (TPSA) is 93.2 Å². The van der Waals surface area contributed by atoms with Gasteiger partial charge in [-0.25, -0.2) is 9.59 Å². The number of ether oxygens (including phenoxy) is 2. The summed E-state index contributed by atoms with van der Waals surface area (Å²) in [6.07, 6.45) is 3.44. The second-order valence-corrected chi connectivity index (χ2v) is 9.31. The minimum atomic E-state index is -1.93. The second-order valence-electron chi connectivity index (χ2n) is 8.87. The fraction of sp³-hybridized carbons (Fsp3) is 0.308. The van der Waals surface area contributed by atoms with Crippen molar-refractivity contribution in [2.24, 2.45) is 5.92 Å². The van der Waals surface area contributed by atoms with Gasteiger partial charge in [-0.15, -0.1) is 0 Å². The first-order chi connectivity index (χ1) is 16.9. The van der Waals surface area contributed by atoms with E-state index >= 15 is 0 Å².